The smallest absolute Gasteiger partial charge is 0.323 e. The van der Waals surface area contributed by atoms with Gasteiger partial charge in [0.05, 0.1) is 38.3 Å². The fourth-order valence-corrected chi connectivity index (χ4v) is 10.6. The Morgan fingerprint density at radius 1 is 0.542 bits per heavy atom. The molecule has 2 heterocycles. The average Bonchev–Trinajstić information content (AvgIpc) is 3.78. The molecule has 0 spiro atoms. The molecule has 0 aromatic rings. The first-order valence-corrected chi connectivity index (χ1v) is 30.8. The Morgan fingerprint density at radius 3 is 1.69 bits per heavy atom. The number of carbonyl (C=O) groups is 4. The van der Waals surface area contributed by atoms with Crippen molar-refractivity contribution in [3.8, 4) is 0 Å². The number of morpholine rings is 1. The Balaban J connectivity index is 1.75. The van der Waals surface area contributed by atoms with Crippen LogP contribution in [0.25, 0.3) is 0 Å². The second-order valence-electron chi connectivity index (χ2n) is 22.7. The summed E-state index contributed by atoms with van der Waals surface area (Å²) in [4.78, 5) is 57.0. The van der Waals surface area contributed by atoms with Crippen LogP contribution in [0.3, 0.4) is 0 Å². The zero-order valence-corrected chi connectivity index (χ0v) is 47.9. The van der Waals surface area contributed by atoms with Crippen molar-refractivity contribution in [3.63, 3.8) is 0 Å². The minimum atomic E-state index is -0.513. The van der Waals surface area contributed by atoms with Crippen molar-refractivity contribution in [2.45, 2.75) is 297 Å². The van der Waals surface area contributed by atoms with Gasteiger partial charge in [0.1, 0.15) is 18.2 Å². The average molecular weight is 1020 g/mol. The van der Waals surface area contributed by atoms with E-state index in [9.17, 15) is 19.2 Å². The van der Waals surface area contributed by atoms with Crippen molar-refractivity contribution in [1.29, 1.82) is 0 Å². The van der Waals surface area contributed by atoms with Gasteiger partial charge in [-0.05, 0) is 90.5 Å². The minimum absolute atomic E-state index is 0.0472. The van der Waals surface area contributed by atoms with Gasteiger partial charge in [0.15, 0.2) is 0 Å². The zero-order chi connectivity index (χ0) is 52.3. The Morgan fingerprint density at radius 2 is 1.06 bits per heavy atom. The third-order valence-corrected chi connectivity index (χ3v) is 15.5. The van der Waals surface area contributed by atoms with E-state index in [1.54, 1.807) is 0 Å². The van der Waals surface area contributed by atoms with Crippen LogP contribution in [0, 0.1) is 11.3 Å². The third-order valence-electron chi connectivity index (χ3n) is 15.5. The lowest BCUT2D eigenvalue weighted by atomic mass is 9.87. The summed E-state index contributed by atoms with van der Waals surface area (Å²) in [5.41, 5.74) is -0.513. The molecule has 2 aliphatic heterocycles. The molecule has 2 rings (SSSR count). The Labute approximate surface area is 442 Å². The summed E-state index contributed by atoms with van der Waals surface area (Å²) in [5.74, 6) is 0.166. The lowest BCUT2D eigenvalue weighted by Crippen LogP contribution is -2.38. The molecule has 0 amide bonds. The van der Waals surface area contributed by atoms with Crippen LogP contribution in [0.4, 0.5) is 0 Å². The van der Waals surface area contributed by atoms with Gasteiger partial charge in [-0.1, -0.05) is 182 Å². The fraction of sp³-hybridized carbons (Fsp3) is 0.934. The number of unbranched alkanes of at least 4 members (excludes halogenated alkanes) is 21. The SMILES string of the molecule is CCCCCCCCC(CCCCCCCC)OC(=O)CCCCCCCOC(=O)[C@@H]1C[C@H](OC(=O)CCN2CCOCC2)CN1CCCCCCC(C)(C)C(=O)OCCCC(CCCCC)CCCCC. The molecule has 0 aromatic carbocycles. The summed E-state index contributed by atoms with van der Waals surface area (Å²) in [6.07, 6.45) is 39.5. The summed E-state index contributed by atoms with van der Waals surface area (Å²) < 4.78 is 29.2. The van der Waals surface area contributed by atoms with E-state index < -0.39 is 11.5 Å². The van der Waals surface area contributed by atoms with E-state index in [-0.39, 0.29) is 36.1 Å². The fourth-order valence-electron chi connectivity index (χ4n) is 10.6. The van der Waals surface area contributed by atoms with Crippen molar-refractivity contribution < 1.29 is 42.9 Å². The van der Waals surface area contributed by atoms with Gasteiger partial charge in [-0.25, -0.2) is 0 Å². The Bertz CT molecular complexity index is 1310. The first kappa shape index (κ1) is 65.9. The molecule has 0 aliphatic carbocycles. The number of hydrogen-bond donors (Lipinski definition) is 0. The maximum absolute atomic E-state index is 13.6. The maximum Gasteiger partial charge on any atom is 0.323 e. The summed E-state index contributed by atoms with van der Waals surface area (Å²) >= 11 is 0. The van der Waals surface area contributed by atoms with Crippen LogP contribution < -0.4 is 0 Å². The first-order chi connectivity index (χ1) is 35.0. The topological polar surface area (TPSA) is 121 Å². The molecule has 422 valence electrons. The quantitative estimate of drug-likeness (QED) is 0.0329. The summed E-state index contributed by atoms with van der Waals surface area (Å²) in [5, 5.41) is 0. The summed E-state index contributed by atoms with van der Waals surface area (Å²) in [7, 11) is 0. The molecule has 2 aliphatic rings. The molecule has 11 nitrogen and oxygen atoms in total. The maximum atomic E-state index is 13.6. The molecule has 0 bridgehead atoms. The van der Waals surface area contributed by atoms with Crippen LogP contribution in [-0.4, -0.2) is 111 Å². The highest BCUT2D eigenvalue weighted by atomic mass is 16.6. The van der Waals surface area contributed by atoms with Gasteiger partial charge in [0.25, 0.3) is 0 Å². The standard InChI is InChI=1S/C61H114N2O9/c1-7-11-15-17-20-28-38-54(39-29-21-18-16-12-8-2)71-57(64)40-30-22-19-25-33-47-69-59(66)56-51-55(72-58(65)41-44-62-45-49-68-50-46-62)52-63(56)43-32-24-23-31-42-61(5,6)60(67)70-48-34-37-53(35-26-13-9-3)36-27-14-10-4/h53-56H,7-52H2,1-6H3/t55-,56-/m0/s1. The van der Waals surface area contributed by atoms with Crippen LogP contribution in [0.1, 0.15) is 279 Å². The molecule has 0 N–H and O–H groups in total. The number of carbonyl (C=O) groups excluding carboxylic acids is 4. The predicted molar refractivity (Wildman–Crippen MR) is 295 cm³/mol. The van der Waals surface area contributed by atoms with E-state index in [0.717, 1.165) is 128 Å². The molecule has 0 unspecified atom stereocenters. The van der Waals surface area contributed by atoms with Gasteiger partial charge in [-0.3, -0.25) is 29.0 Å². The predicted octanol–water partition coefficient (Wildman–Crippen LogP) is 15.1. The van der Waals surface area contributed by atoms with Gasteiger partial charge in [-0.2, -0.15) is 0 Å². The largest absolute Gasteiger partial charge is 0.465 e. The van der Waals surface area contributed by atoms with Gasteiger partial charge in [0, 0.05) is 39.0 Å². The highest BCUT2D eigenvalue weighted by molar-refractivity contribution is 5.77. The number of esters is 4. The molecule has 2 atom stereocenters. The van der Waals surface area contributed by atoms with Gasteiger partial charge < -0.3 is 23.7 Å². The van der Waals surface area contributed by atoms with Crippen LogP contribution in [0.15, 0.2) is 0 Å². The van der Waals surface area contributed by atoms with Gasteiger partial charge in [-0.15, -0.1) is 0 Å². The van der Waals surface area contributed by atoms with Crippen LogP contribution in [0.5, 0.6) is 0 Å². The Kier molecular flexibility index (Phi) is 40.2. The molecule has 0 radical (unpaired) electrons. The van der Waals surface area contributed by atoms with Crippen molar-refractivity contribution in [3.05, 3.63) is 0 Å². The number of rotatable bonds is 48. The number of nitrogens with zero attached hydrogens (tertiary/aromatic N) is 2. The molecular formula is C61H114N2O9. The zero-order valence-electron chi connectivity index (χ0n) is 47.9. The van der Waals surface area contributed by atoms with E-state index in [1.165, 1.54) is 116 Å². The van der Waals surface area contributed by atoms with Crippen molar-refractivity contribution in [1.82, 2.24) is 9.80 Å². The first-order valence-electron chi connectivity index (χ1n) is 30.8. The van der Waals surface area contributed by atoms with E-state index in [1.807, 2.05) is 13.8 Å². The lowest BCUT2D eigenvalue weighted by Gasteiger charge is -2.26. The Hall–Kier alpha value is -2.24. The van der Waals surface area contributed by atoms with Crippen LogP contribution >= 0.6 is 0 Å². The molecule has 2 saturated heterocycles. The van der Waals surface area contributed by atoms with E-state index in [2.05, 4.69) is 37.5 Å². The summed E-state index contributed by atoms with van der Waals surface area (Å²) in [6, 6.07) is -0.435. The lowest BCUT2D eigenvalue weighted by molar-refractivity contribution is -0.154. The molecular weight excluding hydrogens is 905 g/mol. The van der Waals surface area contributed by atoms with Gasteiger partial charge in [0.2, 0.25) is 0 Å². The third kappa shape index (κ3) is 33.6. The van der Waals surface area contributed by atoms with E-state index in [4.69, 9.17) is 23.7 Å². The van der Waals surface area contributed by atoms with Crippen molar-refractivity contribution in [2.24, 2.45) is 11.3 Å². The molecule has 11 heteroatoms. The molecule has 0 aromatic heterocycles. The molecule has 0 saturated carbocycles. The van der Waals surface area contributed by atoms with Crippen LogP contribution in [-0.2, 0) is 42.9 Å². The molecule has 2 fully saturated rings. The normalized spacial score (nSPS) is 16.7. The second-order valence-corrected chi connectivity index (χ2v) is 22.7. The summed E-state index contributed by atoms with van der Waals surface area (Å²) in [6.45, 7) is 18.9. The highest BCUT2D eigenvalue weighted by Crippen LogP contribution is 2.28. The van der Waals surface area contributed by atoms with E-state index >= 15 is 0 Å². The molecule has 72 heavy (non-hydrogen) atoms. The van der Waals surface area contributed by atoms with Crippen LogP contribution in [0.2, 0.25) is 0 Å². The van der Waals surface area contributed by atoms with Gasteiger partial charge >= 0.3 is 23.9 Å². The number of hydrogen-bond acceptors (Lipinski definition) is 11. The minimum Gasteiger partial charge on any atom is -0.465 e. The second kappa shape index (κ2) is 43.9. The highest BCUT2D eigenvalue weighted by Gasteiger charge is 2.39. The number of ether oxygens (including phenoxy) is 5. The number of likely N-dealkylation sites (tertiary alicyclic amines) is 1. The van der Waals surface area contributed by atoms with Crippen molar-refractivity contribution >= 4 is 23.9 Å². The van der Waals surface area contributed by atoms with E-state index in [0.29, 0.717) is 58.8 Å². The monoisotopic (exact) mass is 1020 g/mol. The van der Waals surface area contributed by atoms with Crippen molar-refractivity contribution in [2.75, 3.05) is 59.2 Å².